The third kappa shape index (κ3) is 1.24. The van der Waals surface area contributed by atoms with Gasteiger partial charge in [-0.1, -0.05) is 0 Å². The molecule has 0 saturated heterocycles. The van der Waals surface area contributed by atoms with Gasteiger partial charge in [0.25, 0.3) is 0 Å². The molecule has 0 fully saturated rings. The highest BCUT2D eigenvalue weighted by atomic mass is 16.1. The molecule has 1 aliphatic rings. The summed E-state index contributed by atoms with van der Waals surface area (Å²) in [5.41, 5.74) is 1.94. The molecular weight excluding hydrogens is 216 g/mol. The molecule has 2 aromatic rings. The van der Waals surface area contributed by atoms with Crippen molar-refractivity contribution in [3.05, 3.63) is 58.7 Å². The third-order valence-electron chi connectivity index (χ3n) is 2.87. The van der Waals surface area contributed by atoms with E-state index in [2.05, 4.69) is 9.97 Å². The van der Waals surface area contributed by atoms with Gasteiger partial charge in [-0.05, 0) is 30.7 Å². The van der Waals surface area contributed by atoms with Crippen molar-refractivity contribution in [2.45, 2.75) is 6.92 Å². The first-order chi connectivity index (χ1) is 8.20. The fourth-order valence-corrected chi connectivity index (χ4v) is 2.03. The summed E-state index contributed by atoms with van der Waals surface area (Å²) in [5.74, 6) is -0.452. The Kier molecular flexibility index (Phi) is 1.92. The van der Waals surface area contributed by atoms with E-state index in [4.69, 9.17) is 0 Å². The van der Waals surface area contributed by atoms with Gasteiger partial charge in [-0.3, -0.25) is 19.6 Å². The van der Waals surface area contributed by atoms with Gasteiger partial charge in [0, 0.05) is 12.4 Å². The molecule has 2 aromatic heterocycles. The lowest BCUT2D eigenvalue weighted by Gasteiger charge is -2.16. The van der Waals surface area contributed by atoms with Gasteiger partial charge in [0.15, 0.2) is 5.78 Å². The van der Waals surface area contributed by atoms with Crippen molar-refractivity contribution in [3.63, 3.8) is 0 Å². The first-order valence-corrected chi connectivity index (χ1v) is 5.20. The Bertz CT molecular complexity index is 662. The van der Waals surface area contributed by atoms with Gasteiger partial charge in [0.05, 0.1) is 11.1 Å². The van der Waals surface area contributed by atoms with E-state index < -0.39 is 0 Å². The summed E-state index contributed by atoms with van der Waals surface area (Å²) in [7, 11) is 0. The third-order valence-corrected chi connectivity index (χ3v) is 2.87. The molecule has 1 aliphatic carbocycles. The summed E-state index contributed by atoms with van der Waals surface area (Å²) in [5, 5.41) is 0. The number of hydrogen-bond acceptors (Lipinski definition) is 4. The molecule has 82 valence electrons. The molecule has 0 bridgehead atoms. The molecule has 0 atom stereocenters. The zero-order valence-electron chi connectivity index (χ0n) is 9.10. The van der Waals surface area contributed by atoms with Crippen molar-refractivity contribution >= 4 is 11.6 Å². The first-order valence-electron chi connectivity index (χ1n) is 5.20. The number of aromatic nitrogens is 2. The number of aryl methyl sites for hydroxylation is 1. The minimum Gasteiger partial charge on any atom is -0.288 e. The summed E-state index contributed by atoms with van der Waals surface area (Å²) in [6, 6.07) is 5.00. The Morgan fingerprint density at radius 2 is 1.71 bits per heavy atom. The second kappa shape index (κ2) is 3.31. The molecule has 0 spiro atoms. The Hall–Kier alpha value is -2.36. The van der Waals surface area contributed by atoms with E-state index in [1.165, 1.54) is 12.4 Å². The molecule has 2 heterocycles. The number of rotatable bonds is 0. The molecule has 0 amide bonds. The van der Waals surface area contributed by atoms with Crippen LogP contribution in [0.25, 0.3) is 0 Å². The SMILES string of the molecule is Cc1ccnc2c1C(=O)c1cccnc1C2=O. The van der Waals surface area contributed by atoms with Crippen molar-refractivity contribution < 1.29 is 9.59 Å². The van der Waals surface area contributed by atoms with E-state index >= 15 is 0 Å². The molecule has 3 rings (SSSR count). The molecule has 0 saturated carbocycles. The molecule has 0 unspecified atom stereocenters. The fourth-order valence-electron chi connectivity index (χ4n) is 2.03. The molecule has 4 heteroatoms. The molecule has 17 heavy (non-hydrogen) atoms. The summed E-state index contributed by atoms with van der Waals surface area (Å²) in [4.78, 5) is 32.3. The number of carbonyl (C=O) groups excluding carboxylic acids is 2. The van der Waals surface area contributed by atoms with E-state index in [0.29, 0.717) is 11.1 Å². The van der Waals surface area contributed by atoms with E-state index in [1.54, 1.807) is 25.1 Å². The first kappa shape index (κ1) is 9.84. The van der Waals surface area contributed by atoms with Crippen LogP contribution < -0.4 is 0 Å². The van der Waals surface area contributed by atoms with Gasteiger partial charge in [0.1, 0.15) is 11.4 Å². The van der Waals surface area contributed by atoms with Crippen LogP contribution in [-0.2, 0) is 0 Å². The Labute approximate surface area is 97.3 Å². The van der Waals surface area contributed by atoms with Crippen molar-refractivity contribution in [2.24, 2.45) is 0 Å². The predicted octanol–water partition coefficient (Wildman–Crippen LogP) is 1.56. The molecule has 0 aliphatic heterocycles. The lowest BCUT2D eigenvalue weighted by Crippen LogP contribution is -2.24. The van der Waals surface area contributed by atoms with E-state index in [0.717, 1.165) is 5.56 Å². The maximum Gasteiger partial charge on any atom is 0.231 e. The van der Waals surface area contributed by atoms with Crippen LogP contribution in [0.4, 0.5) is 0 Å². The van der Waals surface area contributed by atoms with Crippen LogP contribution in [-0.4, -0.2) is 21.5 Å². The van der Waals surface area contributed by atoms with Crippen molar-refractivity contribution in [2.75, 3.05) is 0 Å². The van der Waals surface area contributed by atoms with E-state index in [-0.39, 0.29) is 23.0 Å². The lowest BCUT2D eigenvalue weighted by atomic mass is 9.88. The van der Waals surface area contributed by atoms with E-state index in [9.17, 15) is 9.59 Å². The number of fused-ring (bicyclic) bond motifs is 2. The molecular formula is C13H8N2O2. The summed E-state index contributed by atoms with van der Waals surface area (Å²) in [6.45, 7) is 1.80. The van der Waals surface area contributed by atoms with Crippen molar-refractivity contribution in [1.29, 1.82) is 0 Å². The predicted molar refractivity (Wildman–Crippen MR) is 60.1 cm³/mol. The number of hydrogen-bond donors (Lipinski definition) is 0. The van der Waals surface area contributed by atoms with Crippen LogP contribution in [0.5, 0.6) is 0 Å². The minimum absolute atomic E-state index is 0.173. The van der Waals surface area contributed by atoms with Crippen LogP contribution in [0.15, 0.2) is 30.6 Å². The number of ketones is 2. The topological polar surface area (TPSA) is 59.9 Å². The summed E-state index contributed by atoms with van der Waals surface area (Å²) >= 11 is 0. The number of pyridine rings is 2. The summed E-state index contributed by atoms with van der Waals surface area (Å²) < 4.78 is 0. The smallest absolute Gasteiger partial charge is 0.231 e. The van der Waals surface area contributed by atoms with Gasteiger partial charge in [0.2, 0.25) is 5.78 Å². The second-order valence-corrected chi connectivity index (χ2v) is 3.91. The number of carbonyl (C=O) groups is 2. The highest BCUT2D eigenvalue weighted by Gasteiger charge is 2.32. The van der Waals surface area contributed by atoms with Gasteiger partial charge in [-0.2, -0.15) is 0 Å². The minimum atomic E-state index is -0.279. The van der Waals surface area contributed by atoms with Gasteiger partial charge >= 0.3 is 0 Å². The second-order valence-electron chi connectivity index (χ2n) is 3.91. The van der Waals surface area contributed by atoms with E-state index in [1.807, 2.05) is 0 Å². The monoisotopic (exact) mass is 224 g/mol. The Balaban J connectivity index is 2.37. The zero-order chi connectivity index (χ0) is 12.0. The highest BCUT2D eigenvalue weighted by molar-refractivity contribution is 6.27. The zero-order valence-corrected chi connectivity index (χ0v) is 9.10. The average Bonchev–Trinajstić information content (AvgIpc) is 2.36. The fraction of sp³-hybridized carbons (Fsp3) is 0.0769. The maximum absolute atomic E-state index is 12.2. The van der Waals surface area contributed by atoms with Crippen LogP contribution >= 0.6 is 0 Å². The molecule has 0 radical (unpaired) electrons. The van der Waals surface area contributed by atoms with Gasteiger partial charge in [-0.25, -0.2) is 0 Å². The average molecular weight is 224 g/mol. The lowest BCUT2D eigenvalue weighted by molar-refractivity contribution is 0.0971. The van der Waals surface area contributed by atoms with Crippen LogP contribution in [0.3, 0.4) is 0 Å². The summed E-state index contributed by atoms with van der Waals surface area (Å²) in [6.07, 6.45) is 3.04. The van der Waals surface area contributed by atoms with Crippen LogP contribution in [0.1, 0.15) is 37.7 Å². The molecule has 0 aromatic carbocycles. The normalized spacial score (nSPS) is 13.2. The Morgan fingerprint density at radius 1 is 0.941 bits per heavy atom. The quantitative estimate of drug-likeness (QED) is 0.581. The number of nitrogens with zero attached hydrogens (tertiary/aromatic N) is 2. The maximum atomic E-state index is 12.2. The molecule has 4 nitrogen and oxygen atoms in total. The van der Waals surface area contributed by atoms with Crippen molar-refractivity contribution in [1.82, 2.24) is 9.97 Å². The van der Waals surface area contributed by atoms with Crippen LogP contribution in [0, 0.1) is 6.92 Å². The Morgan fingerprint density at radius 3 is 2.53 bits per heavy atom. The van der Waals surface area contributed by atoms with Gasteiger partial charge in [-0.15, -0.1) is 0 Å². The largest absolute Gasteiger partial charge is 0.288 e. The van der Waals surface area contributed by atoms with Crippen LogP contribution in [0.2, 0.25) is 0 Å². The standard InChI is InChI=1S/C13H8N2O2/c1-7-4-6-15-11-9(7)12(16)8-3-2-5-14-10(8)13(11)17/h2-6H,1H3. The van der Waals surface area contributed by atoms with Crippen molar-refractivity contribution in [3.8, 4) is 0 Å². The highest BCUT2D eigenvalue weighted by Crippen LogP contribution is 2.26. The van der Waals surface area contributed by atoms with Gasteiger partial charge < -0.3 is 0 Å². The molecule has 0 N–H and O–H groups in total.